The van der Waals surface area contributed by atoms with Gasteiger partial charge in [0.25, 0.3) is 0 Å². The Bertz CT molecular complexity index is 1240. The largest absolute Gasteiger partial charge is 0.504 e. The molecule has 6 heteroatoms. The first kappa shape index (κ1) is 19.4. The highest BCUT2D eigenvalue weighted by Crippen LogP contribution is 2.51. The molecule has 6 nitrogen and oxygen atoms in total. The molecule has 1 atom stereocenters. The summed E-state index contributed by atoms with van der Waals surface area (Å²) in [7, 11) is 0. The summed E-state index contributed by atoms with van der Waals surface area (Å²) < 4.78 is 1.88. The molecule has 158 valence electrons. The first-order chi connectivity index (χ1) is 14.7. The maximum Gasteiger partial charge on any atom is 0.162 e. The van der Waals surface area contributed by atoms with Gasteiger partial charge < -0.3 is 15.5 Å². The van der Waals surface area contributed by atoms with Gasteiger partial charge in [0, 0.05) is 29.2 Å². The molecule has 1 aliphatic carbocycles. The Morgan fingerprint density at radius 3 is 2.52 bits per heavy atom. The first-order valence-electron chi connectivity index (χ1n) is 10.5. The van der Waals surface area contributed by atoms with Crippen LogP contribution in [0.5, 0.6) is 11.5 Å². The van der Waals surface area contributed by atoms with Crippen molar-refractivity contribution in [3.63, 3.8) is 0 Å². The average molecular weight is 415 g/mol. The summed E-state index contributed by atoms with van der Waals surface area (Å²) in [5.74, 6) is 0.203. The maximum absolute atomic E-state index is 13.3. The number of anilines is 1. The molecular formula is C25H25N3O3. The summed E-state index contributed by atoms with van der Waals surface area (Å²) in [6.07, 6.45) is 1.21. The number of hydrogen-bond donors (Lipinski definition) is 3. The van der Waals surface area contributed by atoms with Gasteiger partial charge in [-0.15, -0.1) is 0 Å². The van der Waals surface area contributed by atoms with E-state index in [9.17, 15) is 15.0 Å². The number of para-hydroxylation sites is 1. The number of benzene rings is 2. The number of carbonyl (C=O) groups is 1. The second-order valence-corrected chi connectivity index (χ2v) is 9.23. The molecule has 0 saturated carbocycles. The molecule has 1 aromatic heterocycles. The monoisotopic (exact) mass is 415 g/mol. The number of aromatic nitrogens is 2. The van der Waals surface area contributed by atoms with Crippen molar-refractivity contribution in [2.45, 2.75) is 39.5 Å². The first-order valence-corrected chi connectivity index (χ1v) is 10.5. The van der Waals surface area contributed by atoms with Crippen molar-refractivity contribution in [2.75, 3.05) is 5.32 Å². The number of phenolic OH excluding ortho intramolecular Hbond substituents is 2. The second-order valence-electron chi connectivity index (χ2n) is 9.23. The van der Waals surface area contributed by atoms with Crippen LogP contribution in [-0.2, 0) is 4.79 Å². The molecule has 2 aliphatic rings. The highest BCUT2D eigenvalue weighted by molar-refractivity contribution is 6.01. The lowest BCUT2D eigenvalue weighted by molar-refractivity contribution is -0.118. The Balaban J connectivity index is 1.77. The molecule has 0 spiro atoms. The van der Waals surface area contributed by atoms with Crippen molar-refractivity contribution < 1.29 is 15.0 Å². The minimum atomic E-state index is -0.362. The number of nitrogens with zero attached hydrogens (tertiary/aromatic N) is 2. The van der Waals surface area contributed by atoms with Crippen LogP contribution in [0.4, 0.5) is 5.82 Å². The number of ketones is 1. The van der Waals surface area contributed by atoms with Crippen molar-refractivity contribution in [2.24, 2.45) is 5.41 Å². The molecular weight excluding hydrogens is 390 g/mol. The van der Waals surface area contributed by atoms with E-state index in [0.29, 0.717) is 6.42 Å². The number of hydrogen-bond acceptors (Lipinski definition) is 5. The lowest BCUT2D eigenvalue weighted by Gasteiger charge is -2.38. The third-order valence-electron chi connectivity index (χ3n) is 6.21. The SMILES string of the molecule is Cc1nn(-c2ccccc2)c2c1[C@H](c1ccc(O)c(O)c1)C1=C(CC(C)(C)CC1=O)N2. The number of carbonyl (C=O) groups excluding carboxylic acids is 1. The summed E-state index contributed by atoms with van der Waals surface area (Å²) in [5, 5.41) is 28.4. The number of Topliss-reactive ketones (excluding diaryl/α,β-unsaturated/α-hetero) is 1. The third kappa shape index (κ3) is 3.10. The fraction of sp³-hybridized carbons (Fsp3) is 0.280. The quantitative estimate of drug-likeness (QED) is 0.524. The molecule has 0 amide bonds. The Kier molecular flexibility index (Phi) is 4.22. The van der Waals surface area contributed by atoms with Gasteiger partial charge in [0.15, 0.2) is 17.3 Å². The van der Waals surface area contributed by atoms with Gasteiger partial charge in [-0.3, -0.25) is 4.79 Å². The van der Waals surface area contributed by atoms with Crippen LogP contribution in [0.25, 0.3) is 5.69 Å². The van der Waals surface area contributed by atoms with E-state index in [1.165, 1.54) is 6.07 Å². The number of aryl methyl sites for hydroxylation is 1. The van der Waals surface area contributed by atoms with Crippen LogP contribution >= 0.6 is 0 Å². The standard InChI is InChI=1S/C25H25N3O3/c1-14-21-22(15-9-10-18(29)19(30)11-15)23-17(12-25(2,3)13-20(23)31)26-24(21)28(27-14)16-7-5-4-6-8-16/h4-11,22,26,29-30H,12-13H2,1-3H3/t22-/m0/s1. The van der Waals surface area contributed by atoms with Gasteiger partial charge in [0.2, 0.25) is 0 Å². The lowest BCUT2D eigenvalue weighted by atomic mass is 9.69. The Labute approximate surface area is 180 Å². The van der Waals surface area contributed by atoms with E-state index in [1.54, 1.807) is 12.1 Å². The highest BCUT2D eigenvalue weighted by Gasteiger charge is 2.43. The van der Waals surface area contributed by atoms with Crippen LogP contribution in [0, 0.1) is 12.3 Å². The molecule has 0 fully saturated rings. The topological polar surface area (TPSA) is 87.4 Å². The van der Waals surface area contributed by atoms with Gasteiger partial charge in [-0.1, -0.05) is 38.1 Å². The number of fused-ring (bicyclic) bond motifs is 1. The summed E-state index contributed by atoms with van der Waals surface area (Å²) in [5.41, 5.74) is 4.91. The van der Waals surface area contributed by atoms with Crippen molar-refractivity contribution >= 4 is 11.6 Å². The number of rotatable bonds is 2. The maximum atomic E-state index is 13.3. The van der Waals surface area contributed by atoms with E-state index >= 15 is 0 Å². The zero-order chi connectivity index (χ0) is 21.9. The normalized spacial score (nSPS) is 19.6. The fourth-order valence-corrected chi connectivity index (χ4v) is 4.88. The number of nitrogens with one attached hydrogen (secondary N) is 1. The molecule has 2 aromatic carbocycles. The predicted molar refractivity (Wildman–Crippen MR) is 119 cm³/mol. The molecule has 0 saturated heterocycles. The summed E-state index contributed by atoms with van der Waals surface area (Å²) >= 11 is 0. The van der Waals surface area contributed by atoms with Gasteiger partial charge in [0.1, 0.15) is 5.82 Å². The van der Waals surface area contributed by atoms with E-state index in [2.05, 4.69) is 19.2 Å². The molecule has 5 rings (SSSR count). The van der Waals surface area contributed by atoms with E-state index in [4.69, 9.17) is 5.10 Å². The van der Waals surface area contributed by atoms with Crippen molar-refractivity contribution in [3.05, 3.63) is 76.6 Å². The molecule has 3 N–H and O–H groups in total. The van der Waals surface area contributed by atoms with E-state index < -0.39 is 0 Å². The van der Waals surface area contributed by atoms with Gasteiger partial charge in [-0.25, -0.2) is 4.68 Å². The molecule has 31 heavy (non-hydrogen) atoms. The summed E-state index contributed by atoms with van der Waals surface area (Å²) in [4.78, 5) is 13.3. The van der Waals surface area contributed by atoms with Crippen LogP contribution in [0.1, 0.15) is 49.4 Å². The Morgan fingerprint density at radius 2 is 1.81 bits per heavy atom. The van der Waals surface area contributed by atoms with Crippen LogP contribution in [-0.4, -0.2) is 25.8 Å². The van der Waals surface area contributed by atoms with Crippen LogP contribution in [0.2, 0.25) is 0 Å². The van der Waals surface area contributed by atoms with E-state index in [1.807, 2.05) is 41.9 Å². The number of phenols is 2. The zero-order valence-corrected chi connectivity index (χ0v) is 17.8. The molecule has 0 bridgehead atoms. The van der Waals surface area contributed by atoms with Crippen molar-refractivity contribution in [1.82, 2.24) is 9.78 Å². The van der Waals surface area contributed by atoms with Gasteiger partial charge in [0.05, 0.1) is 11.4 Å². The second kappa shape index (κ2) is 6.74. The smallest absolute Gasteiger partial charge is 0.162 e. The van der Waals surface area contributed by atoms with Gasteiger partial charge >= 0.3 is 0 Å². The molecule has 2 heterocycles. The Hall–Kier alpha value is -3.54. The average Bonchev–Trinajstić information content (AvgIpc) is 3.04. The van der Waals surface area contributed by atoms with E-state index in [-0.39, 0.29) is 28.6 Å². The molecule has 1 aliphatic heterocycles. The minimum absolute atomic E-state index is 0.105. The molecule has 0 unspecified atom stereocenters. The van der Waals surface area contributed by atoms with Crippen LogP contribution in [0.15, 0.2) is 59.8 Å². The summed E-state index contributed by atoms with van der Waals surface area (Å²) in [6, 6.07) is 14.7. The van der Waals surface area contributed by atoms with Gasteiger partial charge in [-0.2, -0.15) is 5.10 Å². The third-order valence-corrected chi connectivity index (χ3v) is 6.21. The Morgan fingerprint density at radius 1 is 1.06 bits per heavy atom. The fourth-order valence-electron chi connectivity index (χ4n) is 4.88. The minimum Gasteiger partial charge on any atom is -0.504 e. The number of aromatic hydroxyl groups is 2. The lowest BCUT2D eigenvalue weighted by Crippen LogP contribution is -2.34. The van der Waals surface area contributed by atoms with Crippen LogP contribution in [0.3, 0.4) is 0 Å². The van der Waals surface area contributed by atoms with Gasteiger partial charge in [-0.05, 0) is 48.6 Å². The highest BCUT2D eigenvalue weighted by atomic mass is 16.3. The van der Waals surface area contributed by atoms with E-state index in [0.717, 1.165) is 46.0 Å². The van der Waals surface area contributed by atoms with Crippen molar-refractivity contribution in [1.29, 1.82) is 0 Å². The predicted octanol–water partition coefficient (Wildman–Crippen LogP) is 4.79. The van der Waals surface area contributed by atoms with Crippen molar-refractivity contribution in [3.8, 4) is 17.2 Å². The molecule has 3 aromatic rings. The number of allylic oxidation sites excluding steroid dienone is 2. The summed E-state index contributed by atoms with van der Waals surface area (Å²) in [6.45, 7) is 6.15. The van der Waals surface area contributed by atoms with Crippen LogP contribution < -0.4 is 5.32 Å². The zero-order valence-electron chi connectivity index (χ0n) is 17.8. The molecule has 0 radical (unpaired) electrons.